The molecule has 1 aromatic carbocycles. The molecule has 0 amide bonds. The summed E-state index contributed by atoms with van der Waals surface area (Å²) in [4.78, 5) is 11.8. The maximum Gasteiger partial charge on any atom is 0.136 e. The fourth-order valence-electron chi connectivity index (χ4n) is 2.34. The molecule has 0 aliphatic heterocycles. The standard InChI is InChI=1S/C16H17FO/c17-15-11-9-13(10-12-15)5-1-4-8-16(18)14-6-2-3-7-14/h9-12,14H,2-4,6-8H2. The van der Waals surface area contributed by atoms with Crippen LogP contribution in [0.25, 0.3) is 0 Å². The van der Waals surface area contributed by atoms with Crippen LogP contribution < -0.4 is 0 Å². The first-order chi connectivity index (χ1) is 8.75. The molecule has 1 nitrogen and oxygen atoms in total. The number of halogens is 1. The molecule has 2 rings (SSSR count). The predicted octanol–water partition coefficient (Wildman–Crippen LogP) is 3.72. The third-order valence-electron chi connectivity index (χ3n) is 3.38. The van der Waals surface area contributed by atoms with Crippen LogP contribution in [-0.4, -0.2) is 5.78 Å². The van der Waals surface area contributed by atoms with Gasteiger partial charge in [0.05, 0.1) is 0 Å². The summed E-state index contributed by atoms with van der Waals surface area (Å²) >= 11 is 0. The van der Waals surface area contributed by atoms with Crippen molar-refractivity contribution in [2.75, 3.05) is 0 Å². The van der Waals surface area contributed by atoms with E-state index in [0.29, 0.717) is 18.6 Å². The van der Waals surface area contributed by atoms with Gasteiger partial charge in [0.2, 0.25) is 0 Å². The minimum atomic E-state index is -0.253. The first kappa shape index (κ1) is 12.8. The molecular weight excluding hydrogens is 227 g/mol. The minimum Gasteiger partial charge on any atom is -0.299 e. The highest BCUT2D eigenvalue weighted by Crippen LogP contribution is 2.26. The summed E-state index contributed by atoms with van der Waals surface area (Å²) in [5.74, 6) is 6.33. The number of ketones is 1. The second-order valence-electron chi connectivity index (χ2n) is 4.76. The van der Waals surface area contributed by atoms with Gasteiger partial charge in [-0.25, -0.2) is 4.39 Å². The van der Waals surface area contributed by atoms with Crippen molar-refractivity contribution < 1.29 is 9.18 Å². The predicted molar refractivity (Wildman–Crippen MR) is 69.5 cm³/mol. The molecule has 2 heteroatoms. The fourth-order valence-corrected chi connectivity index (χ4v) is 2.34. The largest absolute Gasteiger partial charge is 0.299 e. The molecule has 0 aromatic heterocycles. The first-order valence-corrected chi connectivity index (χ1v) is 6.53. The highest BCUT2D eigenvalue weighted by Gasteiger charge is 2.21. The van der Waals surface area contributed by atoms with Crippen molar-refractivity contribution in [3.05, 3.63) is 35.6 Å². The molecule has 0 unspecified atom stereocenters. The van der Waals surface area contributed by atoms with E-state index in [1.165, 1.54) is 25.0 Å². The van der Waals surface area contributed by atoms with Crippen LogP contribution in [-0.2, 0) is 4.79 Å². The summed E-state index contributed by atoms with van der Waals surface area (Å²) in [6.07, 6.45) is 5.66. The van der Waals surface area contributed by atoms with Crippen LogP contribution in [0.3, 0.4) is 0 Å². The van der Waals surface area contributed by atoms with Gasteiger partial charge in [0.15, 0.2) is 0 Å². The third-order valence-corrected chi connectivity index (χ3v) is 3.38. The molecule has 0 atom stereocenters. The normalized spacial score (nSPS) is 15.2. The maximum atomic E-state index is 12.7. The molecule has 94 valence electrons. The lowest BCUT2D eigenvalue weighted by molar-refractivity contribution is -0.122. The lowest BCUT2D eigenvalue weighted by atomic mass is 9.99. The van der Waals surface area contributed by atoms with Crippen LogP contribution in [0.1, 0.15) is 44.1 Å². The van der Waals surface area contributed by atoms with Crippen LogP contribution in [0.15, 0.2) is 24.3 Å². The monoisotopic (exact) mass is 244 g/mol. The van der Waals surface area contributed by atoms with Gasteiger partial charge in [-0.2, -0.15) is 0 Å². The van der Waals surface area contributed by atoms with E-state index in [-0.39, 0.29) is 11.7 Å². The molecule has 1 aliphatic rings. The molecule has 0 saturated heterocycles. The van der Waals surface area contributed by atoms with Crippen molar-refractivity contribution >= 4 is 5.78 Å². The Labute approximate surface area is 107 Å². The van der Waals surface area contributed by atoms with Gasteiger partial charge in [-0.05, 0) is 37.1 Å². The lowest BCUT2D eigenvalue weighted by Crippen LogP contribution is -2.09. The van der Waals surface area contributed by atoms with Gasteiger partial charge in [0.1, 0.15) is 11.6 Å². The van der Waals surface area contributed by atoms with Crippen molar-refractivity contribution in [1.82, 2.24) is 0 Å². The summed E-state index contributed by atoms with van der Waals surface area (Å²) in [6.45, 7) is 0. The summed E-state index contributed by atoms with van der Waals surface area (Å²) in [6, 6.07) is 6.10. The summed E-state index contributed by atoms with van der Waals surface area (Å²) in [7, 11) is 0. The van der Waals surface area contributed by atoms with Gasteiger partial charge in [0.25, 0.3) is 0 Å². The van der Waals surface area contributed by atoms with Crippen LogP contribution in [0.4, 0.5) is 4.39 Å². The van der Waals surface area contributed by atoms with Gasteiger partial charge < -0.3 is 0 Å². The minimum absolute atomic E-state index is 0.253. The second-order valence-corrected chi connectivity index (χ2v) is 4.76. The molecule has 1 fully saturated rings. The SMILES string of the molecule is O=C(CCC#Cc1ccc(F)cc1)C1CCCC1. The zero-order valence-electron chi connectivity index (χ0n) is 10.4. The van der Waals surface area contributed by atoms with Crippen LogP contribution in [0.2, 0.25) is 0 Å². The smallest absolute Gasteiger partial charge is 0.136 e. The highest BCUT2D eigenvalue weighted by molar-refractivity contribution is 5.81. The second kappa shape index (κ2) is 6.35. The van der Waals surface area contributed by atoms with E-state index in [0.717, 1.165) is 18.4 Å². The van der Waals surface area contributed by atoms with Crippen molar-refractivity contribution in [3.63, 3.8) is 0 Å². The van der Waals surface area contributed by atoms with E-state index in [1.807, 2.05) is 0 Å². The average Bonchev–Trinajstić information content (AvgIpc) is 2.90. The van der Waals surface area contributed by atoms with Crippen LogP contribution in [0, 0.1) is 23.6 Å². The quantitative estimate of drug-likeness (QED) is 0.741. The Morgan fingerprint density at radius 1 is 1.22 bits per heavy atom. The molecular formula is C16H17FO. The van der Waals surface area contributed by atoms with E-state index < -0.39 is 0 Å². The highest BCUT2D eigenvalue weighted by atomic mass is 19.1. The number of benzene rings is 1. The Balaban J connectivity index is 1.78. The van der Waals surface area contributed by atoms with Crippen LogP contribution in [0.5, 0.6) is 0 Å². The average molecular weight is 244 g/mol. The number of rotatable bonds is 3. The Hall–Kier alpha value is -1.62. The molecule has 1 saturated carbocycles. The zero-order chi connectivity index (χ0) is 12.8. The van der Waals surface area contributed by atoms with E-state index in [2.05, 4.69) is 11.8 Å². The molecule has 0 spiro atoms. The number of hydrogen-bond donors (Lipinski definition) is 0. The molecule has 0 bridgehead atoms. The Bertz CT molecular complexity index is 458. The van der Waals surface area contributed by atoms with Gasteiger partial charge in [-0.15, -0.1) is 0 Å². The lowest BCUT2D eigenvalue weighted by Gasteiger charge is -2.04. The van der Waals surface area contributed by atoms with E-state index in [9.17, 15) is 9.18 Å². The summed E-state index contributed by atoms with van der Waals surface area (Å²) in [5.41, 5.74) is 0.796. The molecule has 18 heavy (non-hydrogen) atoms. The fraction of sp³-hybridized carbons (Fsp3) is 0.438. The van der Waals surface area contributed by atoms with Crippen molar-refractivity contribution in [3.8, 4) is 11.8 Å². The number of carbonyl (C=O) groups excluding carboxylic acids is 1. The van der Waals surface area contributed by atoms with Gasteiger partial charge >= 0.3 is 0 Å². The Morgan fingerprint density at radius 3 is 2.56 bits per heavy atom. The molecule has 0 radical (unpaired) electrons. The van der Waals surface area contributed by atoms with Gasteiger partial charge in [-0.3, -0.25) is 4.79 Å². The number of hydrogen-bond acceptors (Lipinski definition) is 1. The Kier molecular flexibility index (Phi) is 4.52. The zero-order valence-corrected chi connectivity index (χ0v) is 10.4. The first-order valence-electron chi connectivity index (χ1n) is 6.53. The van der Waals surface area contributed by atoms with E-state index >= 15 is 0 Å². The molecule has 1 aliphatic carbocycles. The number of carbonyl (C=O) groups is 1. The number of Topliss-reactive ketones (excluding diaryl/α,β-unsaturated/α-hetero) is 1. The van der Waals surface area contributed by atoms with Crippen molar-refractivity contribution in [1.29, 1.82) is 0 Å². The molecule has 0 heterocycles. The van der Waals surface area contributed by atoms with E-state index in [4.69, 9.17) is 0 Å². The van der Waals surface area contributed by atoms with Crippen molar-refractivity contribution in [2.45, 2.75) is 38.5 Å². The Morgan fingerprint density at radius 2 is 1.89 bits per heavy atom. The van der Waals surface area contributed by atoms with Gasteiger partial charge in [0, 0.05) is 24.3 Å². The topological polar surface area (TPSA) is 17.1 Å². The maximum absolute atomic E-state index is 12.7. The summed E-state index contributed by atoms with van der Waals surface area (Å²) in [5, 5.41) is 0. The van der Waals surface area contributed by atoms with E-state index in [1.54, 1.807) is 12.1 Å². The van der Waals surface area contributed by atoms with Crippen molar-refractivity contribution in [2.24, 2.45) is 5.92 Å². The molecule has 1 aromatic rings. The summed E-state index contributed by atoms with van der Waals surface area (Å²) < 4.78 is 12.7. The van der Waals surface area contributed by atoms with Gasteiger partial charge in [-0.1, -0.05) is 24.7 Å². The third kappa shape index (κ3) is 3.70. The van der Waals surface area contributed by atoms with Crippen LogP contribution >= 0.6 is 0 Å². The molecule has 0 N–H and O–H groups in total.